The highest BCUT2D eigenvalue weighted by molar-refractivity contribution is 5.92. The predicted octanol–water partition coefficient (Wildman–Crippen LogP) is 1.21. The van der Waals surface area contributed by atoms with E-state index in [-0.39, 0.29) is 11.8 Å². The smallest absolute Gasteiger partial charge is 0.228 e. The van der Waals surface area contributed by atoms with Crippen molar-refractivity contribution in [3.63, 3.8) is 0 Å². The van der Waals surface area contributed by atoms with Crippen LogP contribution in [0, 0.1) is 5.92 Å². The Morgan fingerprint density at radius 3 is 3.05 bits per heavy atom. The van der Waals surface area contributed by atoms with Gasteiger partial charge in [-0.3, -0.25) is 4.79 Å². The number of aromatic nitrogens is 3. The molecule has 0 saturated carbocycles. The molecular weight excluding hydrogens is 254 g/mol. The molecular formula is C14H17N5O. The van der Waals surface area contributed by atoms with E-state index in [1.54, 1.807) is 17.1 Å². The molecule has 2 aromatic rings. The second-order valence-electron chi connectivity index (χ2n) is 4.89. The average molecular weight is 271 g/mol. The van der Waals surface area contributed by atoms with Crippen molar-refractivity contribution >= 4 is 11.6 Å². The van der Waals surface area contributed by atoms with Gasteiger partial charge in [-0.25, -0.2) is 9.67 Å². The molecule has 6 heteroatoms. The van der Waals surface area contributed by atoms with Crippen LogP contribution in [0.15, 0.2) is 36.8 Å². The van der Waals surface area contributed by atoms with Crippen molar-refractivity contribution in [2.45, 2.75) is 12.8 Å². The monoisotopic (exact) mass is 271 g/mol. The Hall–Kier alpha value is -2.21. The lowest BCUT2D eigenvalue weighted by atomic mass is 9.99. The van der Waals surface area contributed by atoms with Gasteiger partial charge in [-0.15, -0.1) is 0 Å². The first kappa shape index (κ1) is 12.8. The minimum absolute atomic E-state index is 0.0505. The molecule has 1 atom stereocenters. The zero-order chi connectivity index (χ0) is 13.8. The summed E-state index contributed by atoms with van der Waals surface area (Å²) in [6, 6.07) is 5.52. The van der Waals surface area contributed by atoms with Gasteiger partial charge in [0.25, 0.3) is 0 Å². The molecule has 0 unspecified atom stereocenters. The van der Waals surface area contributed by atoms with E-state index in [2.05, 4.69) is 20.7 Å². The summed E-state index contributed by atoms with van der Waals surface area (Å²) in [7, 11) is 0. The Morgan fingerprint density at radius 1 is 1.45 bits per heavy atom. The van der Waals surface area contributed by atoms with Crippen molar-refractivity contribution < 1.29 is 4.79 Å². The van der Waals surface area contributed by atoms with Gasteiger partial charge in [0.1, 0.15) is 0 Å². The van der Waals surface area contributed by atoms with E-state index in [0.717, 1.165) is 37.4 Å². The van der Waals surface area contributed by atoms with Crippen LogP contribution < -0.4 is 10.6 Å². The maximum Gasteiger partial charge on any atom is 0.228 e. The van der Waals surface area contributed by atoms with Crippen LogP contribution in [0.2, 0.25) is 0 Å². The van der Waals surface area contributed by atoms with Crippen LogP contribution in [0.1, 0.15) is 12.8 Å². The SMILES string of the molecule is O=C(Nc1ccc(-n2cccn2)nc1)[C@@H]1CCCNC1. The lowest BCUT2D eigenvalue weighted by molar-refractivity contribution is -0.120. The van der Waals surface area contributed by atoms with Gasteiger partial charge < -0.3 is 10.6 Å². The third-order valence-corrected chi connectivity index (χ3v) is 3.42. The fourth-order valence-corrected chi connectivity index (χ4v) is 2.32. The number of amides is 1. The largest absolute Gasteiger partial charge is 0.324 e. The van der Waals surface area contributed by atoms with E-state index in [9.17, 15) is 4.79 Å². The molecule has 6 nitrogen and oxygen atoms in total. The van der Waals surface area contributed by atoms with Gasteiger partial charge in [0.2, 0.25) is 5.91 Å². The quantitative estimate of drug-likeness (QED) is 0.880. The molecule has 20 heavy (non-hydrogen) atoms. The third kappa shape index (κ3) is 2.85. The molecule has 3 heterocycles. The van der Waals surface area contributed by atoms with Gasteiger partial charge >= 0.3 is 0 Å². The number of piperidine rings is 1. The molecule has 0 bridgehead atoms. The molecule has 104 valence electrons. The molecule has 2 aromatic heterocycles. The number of hydrogen-bond donors (Lipinski definition) is 2. The zero-order valence-corrected chi connectivity index (χ0v) is 11.1. The number of pyridine rings is 1. The summed E-state index contributed by atoms with van der Waals surface area (Å²) in [4.78, 5) is 16.4. The molecule has 0 aromatic carbocycles. The summed E-state index contributed by atoms with van der Waals surface area (Å²) in [6.45, 7) is 1.76. The van der Waals surface area contributed by atoms with Crippen LogP contribution in [0.3, 0.4) is 0 Å². The number of nitrogens with zero attached hydrogens (tertiary/aromatic N) is 3. The van der Waals surface area contributed by atoms with Gasteiger partial charge in [0.15, 0.2) is 5.82 Å². The van der Waals surface area contributed by atoms with Crippen molar-refractivity contribution in [2.75, 3.05) is 18.4 Å². The number of carbonyl (C=O) groups is 1. The van der Waals surface area contributed by atoms with Gasteiger partial charge in [0.05, 0.1) is 17.8 Å². The highest BCUT2D eigenvalue weighted by Crippen LogP contribution is 2.14. The average Bonchev–Trinajstić information content (AvgIpc) is 3.03. The summed E-state index contributed by atoms with van der Waals surface area (Å²) in [6.07, 6.45) is 7.18. The van der Waals surface area contributed by atoms with Crippen LogP contribution in [-0.4, -0.2) is 33.8 Å². The summed E-state index contributed by atoms with van der Waals surface area (Å²) in [5.41, 5.74) is 0.719. The lowest BCUT2D eigenvalue weighted by Crippen LogP contribution is -2.37. The predicted molar refractivity (Wildman–Crippen MR) is 75.6 cm³/mol. The second kappa shape index (κ2) is 5.83. The summed E-state index contributed by atoms with van der Waals surface area (Å²) in [5, 5.41) is 10.3. The molecule has 3 rings (SSSR count). The van der Waals surface area contributed by atoms with E-state index in [1.807, 2.05) is 24.4 Å². The Bertz CT molecular complexity index is 558. The highest BCUT2D eigenvalue weighted by Gasteiger charge is 2.20. The topological polar surface area (TPSA) is 71.8 Å². The molecule has 1 aliphatic rings. The van der Waals surface area contributed by atoms with E-state index in [0.29, 0.717) is 0 Å². The number of anilines is 1. The molecule has 1 aliphatic heterocycles. The van der Waals surface area contributed by atoms with E-state index in [1.165, 1.54) is 0 Å². The third-order valence-electron chi connectivity index (χ3n) is 3.42. The molecule has 2 N–H and O–H groups in total. The zero-order valence-electron chi connectivity index (χ0n) is 11.1. The number of hydrogen-bond acceptors (Lipinski definition) is 4. The van der Waals surface area contributed by atoms with Crippen LogP contribution in [0.5, 0.6) is 0 Å². The Kier molecular flexibility index (Phi) is 3.73. The molecule has 0 spiro atoms. The minimum atomic E-state index is 0.0505. The highest BCUT2D eigenvalue weighted by atomic mass is 16.1. The standard InChI is InChI=1S/C14H17N5O/c20-14(11-3-1-6-15-9-11)18-12-4-5-13(16-10-12)19-8-2-7-17-19/h2,4-5,7-8,10-11,15H,1,3,6,9H2,(H,18,20)/t11-/m1/s1. The van der Waals surface area contributed by atoms with Gasteiger partial charge in [-0.05, 0) is 37.6 Å². The summed E-state index contributed by atoms with van der Waals surface area (Å²) < 4.78 is 1.68. The number of rotatable bonds is 3. The first-order valence-corrected chi connectivity index (χ1v) is 6.80. The van der Waals surface area contributed by atoms with Gasteiger partial charge in [-0.2, -0.15) is 5.10 Å². The second-order valence-corrected chi connectivity index (χ2v) is 4.89. The summed E-state index contributed by atoms with van der Waals surface area (Å²) >= 11 is 0. The maximum absolute atomic E-state index is 12.1. The Labute approximate surface area is 117 Å². The van der Waals surface area contributed by atoms with Crippen molar-refractivity contribution in [1.82, 2.24) is 20.1 Å². The van der Waals surface area contributed by atoms with E-state index < -0.39 is 0 Å². The summed E-state index contributed by atoms with van der Waals surface area (Å²) in [5.74, 6) is 0.840. The van der Waals surface area contributed by atoms with Crippen molar-refractivity contribution in [1.29, 1.82) is 0 Å². The van der Waals surface area contributed by atoms with Crippen LogP contribution >= 0.6 is 0 Å². The van der Waals surface area contributed by atoms with Gasteiger partial charge in [0, 0.05) is 18.9 Å². The molecule has 1 fully saturated rings. The minimum Gasteiger partial charge on any atom is -0.324 e. The number of nitrogens with one attached hydrogen (secondary N) is 2. The normalized spacial score (nSPS) is 18.7. The van der Waals surface area contributed by atoms with Gasteiger partial charge in [-0.1, -0.05) is 0 Å². The first-order chi connectivity index (χ1) is 9.83. The Morgan fingerprint density at radius 2 is 2.40 bits per heavy atom. The fourth-order valence-electron chi connectivity index (χ4n) is 2.32. The Balaban J connectivity index is 1.64. The van der Waals surface area contributed by atoms with Crippen LogP contribution in [0.4, 0.5) is 5.69 Å². The number of carbonyl (C=O) groups excluding carboxylic acids is 1. The molecule has 1 amide bonds. The van der Waals surface area contributed by atoms with Crippen LogP contribution in [0.25, 0.3) is 5.82 Å². The molecule has 1 saturated heterocycles. The first-order valence-electron chi connectivity index (χ1n) is 6.80. The van der Waals surface area contributed by atoms with Crippen molar-refractivity contribution in [3.05, 3.63) is 36.8 Å². The lowest BCUT2D eigenvalue weighted by Gasteiger charge is -2.21. The van der Waals surface area contributed by atoms with E-state index >= 15 is 0 Å². The fraction of sp³-hybridized carbons (Fsp3) is 0.357. The molecule has 0 radical (unpaired) electrons. The molecule has 0 aliphatic carbocycles. The van der Waals surface area contributed by atoms with Crippen molar-refractivity contribution in [2.24, 2.45) is 5.92 Å². The van der Waals surface area contributed by atoms with Crippen molar-refractivity contribution in [3.8, 4) is 5.82 Å². The van der Waals surface area contributed by atoms with E-state index in [4.69, 9.17) is 0 Å². The van der Waals surface area contributed by atoms with Crippen LogP contribution in [-0.2, 0) is 4.79 Å². The maximum atomic E-state index is 12.1.